The summed E-state index contributed by atoms with van der Waals surface area (Å²) >= 11 is 0. The number of fused-ring (bicyclic) bond motifs is 4. The van der Waals surface area contributed by atoms with Crippen LogP contribution in [0.15, 0.2) is 84.9 Å². The average Bonchev–Trinajstić information content (AvgIpc) is 3.26. The minimum Gasteiger partial charge on any atom is -0.376 e. The fourth-order valence-corrected chi connectivity index (χ4v) is 5.98. The number of para-hydroxylation sites is 2. The first-order valence-corrected chi connectivity index (χ1v) is 10.9. The highest BCUT2D eigenvalue weighted by atomic mass is 15.0. The number of benzene rings is 3. The second-order valence-electron chi connectivity index (χ2n) is 9.03. The van der Waals surface area contributed by atoms with Crippen molar-refractivity contribution in [2.75, 3.05) is 5.32 Å². The Morgan fingerprint density at radius 1 is 0.867 bits per heavy atom. The van der Waals surface area contributed by atoms with E-state index in [4.69, 9.17) is 0 Å². The summed E-state index contributed by atoms with van der Waals surface area (Å²) in [7, 11) is 0. The molecule has 6 rings (SSSR count). The molecule has 0 spiro atoms. The Morgan fingerprint density at radius 3 is 2.47 bits per heavy atom. The van der Waals surface area contributed by atoms with E-state index in [0.717, 1.165) is 6.42 Å². The minimum absolute atomic E-state index is 0.109. The second-order valence-corrected chi connectivity index (χ2v) is 9.03. The predicted octanol–water partition coefficient (Wildman–Crippen LogP) is 7.02. The lowest BCUT2D eigenvalue weighted by Gasteiger charge is -2.41. The molecule has 2 aliphatic rings. The van der Waals surface area contributed by atoms with Crippen LogP contribution in [0.25, 0.3) is 16.5 Å². The summed E-state index contributed by atoms with van der Waals surface area (Å²) in [6.07, 6.45) is 3.56. The highest BCUT2D eigenvalue weighted by Crippen LogP contribution is 2.57. The first-order valence-electron chi connectivity index (χ1n) is 10.9. The maximum absolute atomic E-state index is 3.89. The first-order chi connectivity index (χ1) is 14.6. The summed E-state index contributed by atoms with van der Waals surface area (Å²) in [6.45, 7) is 4.58. The van der Waals surface area contributed by atoms with Crippen LogP contribution in [0.4, 0.5) is 5.69 Å². The Bertz CT molecular complexity index is 1280. The lowest BCUT2D eigenvalue weighted by Crippen LogP contribution is -2.40. The first kappa shape index (κ1) is 17.6. The van der Waals surface area contributed by atoms with Crippen LogP contribution in [-0.2, 0) is 0 Å². The number of anilines is 1. The van der Waals surface area contributed by atoms with Crippen molar-refractivity contribution in [2.45, 2.75) is 37.6 Å². The number of nitrogens with one attached hydrogen (secondary N) is 2. The second kappa shape index (κ2) is 6.37. The fraction of sp³-hybridized carbons (Fsp3) is 0.214. The number of aryl methyl sites for hydroxylation is 1. The number of H-pyrrole nitrogens is 1. The van der Waals surface area contributed by atoms with Gasteiger partial charge in [-0.1, -0.05) is 72.8 Å². The standard InChI is InChI=1S/C28H26N2/c1-18-26(21-12-6-8-14-24(21)29-18)20-16-23(19-10-4-3-5-11-19)27-22-13-7-9-15-25(22)30-28(27,2)17-20/h3-15,17,23,27,29-30H,16H2,1-2H3/t23-,27+,28+/m1/s1. The highest BCUT2D eigenvalue weighted by molar-refractivity contribution is 5.95. The molecule has 0 saturated heterocycles. The third-order valence-electron chi connectivity index (χ3n) is 7.10. The van der Waals surface area contributed by atoms with Gasteiger partial charge in [0.25, 0.3) is 0 Å². The largest absolute Gasteiger partial charge is 0.376 e. The molecule has 0 radical (unpaired) electrons. The van der Waals surface area contributed by atoms with E-state index in [9.17, 15) is 0 Å². The average molecular weight is 391 g/mol. The zero-order chi connectivity index (χ0) is 20.3. The van der Waals surface area contributed by atoms with Gasteiger partial charge < -0.3 is 10.3 Å². The van der Waals surface area contributed by atoms with Gasteiger partial charge in [0.05, 0.1) is 5.54 Å². The third-order valence-corrected chi connectivity index (χ3v) is 7.10. The Kier molecular flexibility index (Phi) is 3.73. The Balaban J connectivity index is 1.57. The van der Waals surface area contributed by atoms with Crippen LogP contribution in [0.3, 0.4) is 0 Å². The number of rotatable bonds is 2. The van der Waals surface area contributed by atoms with Gasteiger partial charge in [-0.05, 0) is 55.0 Å². The van der Waals surface area contributed by atoms with E-state index in [1.165, 1.54) is 44.5 Å². The molecule has 2 heterocycles. The molecular weight excluding hydrogens is 364 g/mol. The molecule has 0 fully saturated rings. The van der Waals surface area contributed by atoms with E-state index in [-0.39, 0.29) is 5.54 Å². The zero-order valence-corrected chi connectivity index (χ0v) is 17.4. The van der Waals surface area contributed by atoms with Gasteiger partial charge in [-0.3, -0.25) is 0 Å². The number of allylic oxidation sites excluding steroid dienone is 1. The van der Waals surface area contributed by atoms with E-state index in [2.05, 4.69) is 109 Å². The summed E-state index contributed by atoms with van der Waals surface area (Å²) in [5.41, 5.74) is 9.34. The Labute approximate surface area is 177 Å². The van der Waals surface area contributed by atoms with Gasteiger partial charge in [0, 0.05) is 33.8 Å². The van der Waals surface area contributed by atoms with Gasteiger partial charge in [0.15, 0.2) is 0 Å². The summed E-state index contributed by atoms with van der Waals surface area (Å²) in [5, 5.41) is 5.21. The third kappa shape index (κ3) is 2.50. The van der Waals surface area contributed by atoms with Crippen molar-refractivity contribution in [2.24, 2.45) is 0 Å². The van der Waals surface area contributed by atoms with Crippen LogP contribution >= 0.6 is 0 Å². The molecule has 3 aromatic carbocycles. The quantitative estimate of drug-likeness (QED) is 0.378. The maximum Gasteiger partial charge on any atom is 0.0609 e. The van der Waals surface area contributed by atoms with Crippen molar-refractivity contribution in [3.05, 3.63) is 107 Å². The van der Waals surface area contributed by atoms with Gasteiger partial charge in [0.2, 0.25) is 0 Å². The van der Waals surface area contributed by atoms with Gasteiger partial charge in [0.1, 0.15) is 0 Å². The van der Waals surface area contributed by atoms with Crippen molar-refractivity contribution < 1.29 is 0 Å². The van der Waals surface area contributed by atoms with Crippen LogP contribution in [0.5, 0.6) is 0 Å². The van der Waals surface area contributed by atoms with E-state index in [0.29, 0.717) is 11.8 Å². The fourth-order valence-electron chi connectivity index (χ4n) is 5.98. The van der Waals surface area contributed by atoms with Gasteiger partial charge in [-0.25, -0.2) is 0 Å². The summed E-state index contributed by atoms with van der Waals surface area (Å²) < 4.78 is 0. The van der Waals surface area contributed by atoms with E-state index >= 15 is 0 Å². The van der Waals surface area contributed by atoms with Gasteiger partial charge in [-0.2, -0.15) is 0 Å². The molecule has 1 aliphatic carbocycles. The molecule has 0 bridgehead atoms. The van der Waals surface area contributed by atoms with E-state index in [1.807, 2.05) is 0 Å². The molecule has 30 heavy (non-hydrogen) atoms. The SMILES string of the molecule is Cc1[nH]c2ccccc2c1C1=C[C@]2(C)Nc3ccccc3[C@H]2[C@@H](c2ccccc2)C1. The predicted molar refractivity (Wildman–Crippen MR) is 126 cm³/mol. The summed E-state index contributed by atoms with van der Waals surface area (Å²) in [4.78, 5) is 3.61. The number of aromatic nitrogens is 1. The number of aromatic amines is 1. The molecular formula is C28H26N2. The monoisotopic (exact) mass is 390 g/mol. The number of hydrogen-bond acceptors (Lipinski definition) is 1. The molecule has 2 N–H and O–H groups in total. The molecule has 0 saturated carbocycles. The Hall–Kier alpha value is -3.26. The van der Waals surface area contributed by atoms with Gasteiger partial charge >= 0.3 is 0 Å². The highest BCUT2D eigenvalue weighted by Gasteiger charge is 2.48. The van der Waals surface area contributed by atoms with Crippen LogP contribution in [-0.4, -0.2) is 10.5 Å². The lowest BCUT2D eigenvalue weighted by molar-refractivity contribution is 0.426. The molecule has 148 valence electrons. The van der Waals surface area contributed by atoms with Crippen molar-refractivity contribution in [3.8, 4) is 0 Å². The molecule has 0 amide bonds. The van der Waals surface area contributed by atoms with Crippen LogP contribution in [0.1, 0.15) is 47.6 Å². The summed E-state index contributed by atoms with van der Waals surface area (Å²) in [5.74, 6) is 0.853. The summed E-state index contributed by atoms with van der Waals surface area (Å²) in [6, 6.07) is 28.6. The van der Waals surface area contributed by atoms with Crippen molar-refractivity contribution in [3.63, 3.8) is 0 Å². The van der Waals surface area contributed by atoms with Crippen molar-refractivity contribution in [1.29, 1.82) is 0 Å². The van der Waals surface area contributed by atoms with E-state index in [1.54, 1.807) is 0 Å². The molecule has 2 heteroatoms. The molecule has 1 aliphatic heterocycles. The zero-order valence-electron chi connectivity index (χ0n) is 17.4. The van der Waals surface area contributed by atoms with Crippen LogP contribution in [0, 0.1) is 6.92 Å². The smallest absolute Gasteiger partial charge is 0.0609 e. The van der Waals surface area contributed by atoms with Crippen LogP contribution in [0.2, 0.25) is 0 Å². The molecule has 2 nitrogen and oxygen atoms in total. The van der Waals surface area contributed by atoms with E-state index < -0.39 is 0 Å². The van der Waals surface area contributed by atoms with Crippen molar-refractivity contribution in [1.82, 2.24) is 4.98 Å². The molecule has 3 atom stereocenters. The van der Waals surface area contributed by atoms with Gasteiger partial charge in [-0.15, -0.1) is 0 Å². The maximum atomic E-state index is 3.89. The van der Waals surface area contributed by atoms with Crippen LogP contribution < -0.4 is 5.32 Å². The Morgan fingerprint density at radius 2 is 1.60 bits per heavy atom. The minimum atomic E-state index is -0.109. The normalized spacial score (nSPS) is 24.8. The molecule has 0 unspecified atom stereocenters. The topological polar surface area (TPSA) is 27.8 Å². The number of hydrogen-bond donors (Lipinski definition) is 2. The molecule has 1 aromatic heterocycles. The lowest BCUT2D eigenvalue weighted by atomic mass is 9.65. The molecule has 4 aromatic rings. The van der Waals surface area contributed by atoms with Crippen molar-refractivity contribution >= 4 is 22.2 Å².